The smallest absolute Gasteiger partial charge is 0.346 e. The molecule has 0 aliphatic carbocycles. The summed E-state index contributed by atoms with van der Waals surface area (Å²) in [6.07, 6.45) is 1.19. The van der Waals surface area contributed by atoms with Crippen molar-refractivity contribution < 1.29 is 14.6 Å². The van der Waals surface area contributed by atoms with Gasteiger partial charge in [-0.05, 0) is 12.1 Å². The molecule has 0 fully saturated rings. The molecule has 76 valence electrons. The first-order valence-electron chi connectivity index (χ1n) is 4.03. The fourth-order valence-corrected chi connectivity index (χ4v) is 0.915. The van der Waals surface area contributed by atoms with Gasteiger partial charge < -0.3 is 9.84 Å². The van der Waals surface area contributed by atoms with Crippen molar-refractivity contribution in [2.45, 2.75) is 0 Å². The van der Waals surface area contributed by atoms with E-state index in [4.69, 9.17) is 15.1 Å². The highest BCUT2D eigenvalue weighted by Gasteiger charge is 2.06. The first-order valence-corrected chi connectivity index (χ1v) is 4.03. The van der Waals surface area contributed by atoms with Crippen LogP contribution < -0.4 is 4.74 Å². The van der Waals surface area contributed by atoms with E-state index < -0.39 is 5.97 Å². The molecule has 1 aromatic heterocycles. The molecule has 0 saturated carbocycles. The summed E-state index contributed by atoms with van der Waals surface area (Å²) in [7, 11) is 1.46. The average molecular weight is 204 g/mol. The highest BCUT2D eigenvalue weighted by atomic mass is 16.5. The molecule has 0 atom stereocenters. The molecule has 0 bridgehead atoms. The van der Waals surface area contributed by atoms with E-state index in [1.165, 1.54) is 13.2 Å². The fourth-order valence-electron chi connectivity index (χ4n) is 0.915. The largest absolute Gasteiger partial charge is 0.481 e. The lowest BCUT2D eigenvalue weighted by atomic mass is 10.2. The van der Waals surface area contributed by atoms with E-state index in [1.807, 2.05) is 0 Å². The second-order valence-electron chi connectivity index (χ2n) is 2.58. The highest BCUT2D eigenvalue weighted by Crippen LogP contribution is 2.09. The predicted molar refractivity (Wildman–Crippen MR) is 52.0 cm³/mol. The Labute approximate surface area is 86.2 Å². The lowest BCUT2D eigenvalue weighted by Crippen LogP contribution is -1.98. The number of methoxy groups -OCH3 is 1. The maximum absolute atomic E-state index is 10.5. The van der Waals surface area contributed by atoms with Crippen LogP contribution in [0.2, 0.25) is 0 Å². The van der Waals surface area contributed by atoms with Crippen molar-refractivity contribution in [1.29, 1.82) is 5.26 Å². The molecule has 0 radical (unpaired) electrons. The molecular formula is C10H8N2O3. The van der Waals surface area contributed by atoms with Gasteiger partial charge in [-0.3, -0.25) is 0 Å². The van der Waals surface area contributed by atoms with Gasteiger partial charge in [-0.1, -0.05) is 6.07 Å². The van der Waals surface area contributed by atoms with Crippen molar-refractivity contribution in [3.8, 4) is 11.9 Å². The number of carboxylic acid groups (broad SMARTS) is 1. The van der Waals surface area contributed by atoms with Gasteiger partial charge >= 0.3 is 5.97 Å². The first kappa shape index (κ1) is 10.7. The van der Waals surface area contributed by atoms with Gasteiger partial charge in [0.15, 0.2) is 0 Å². The van der Waals surface area contributed by atoms with Gasteiger partial charge in [0, 0.05) is 6.07 Å². The number of rotatable bonds is 3. The minimum absolute atomic E-state index is 0.365. The molecule has 0 saturated heterocycles. The standard InChI is InChI=1S/C10H8N2O3/c1-15-9-4-2-3-8(12-9)5-7(6-11)10(13)14/h2-5H,1H3,(H,13,14)/b7-5-. The summed E-state index contributed by atoms with van der Waals surface area (Å²) in [4.78, 5) is 14.5. The summed E-state index contributed by atoms with van der Waals surface area (Å²) in [5.74, 6) is -0.909. The highest BCUT2D eigenvalue weighted by molar-refractivity contribution is 5.96. The Hall–Kier alpha value is -2.35. The summed E-state index contributed by atoms with van der Waals surface area (Å²) in [6.45, 7) is 0. The van der Waals surface area contributed by atoms with Gasteiger partial charge in [-0.25, -0.2) is 9.78 Å². The van der Waals surface area contributed by atoms with E-state index in [0.29, 0.717) is 11.6 Å². The number of ether oxygens (including phenoxy) is 1. The minimum atomic E-state index is -1.28. The van der Waals surface area contributed by atoms with Crippen LogP contribution in [-0.2, 0) is 4.79 Å². The summed E-state index contributed by atoms with van der Waals surface area (Å²) >= 11 is 0. The Balaban J connectivity index is 3.07. The van der Waals surface area contributed by atoms with Gasteiger partial charge in [0.1, 0.15) is 11.6 Å². The Morgan fingerprint density at radius 2 is 2.40 bits per heavy atom. The maximum Gasteiger partial charge on any atom is 0.346 e. The van der Waals surface area contributed by atoms with Crippen molar-refractivity contribution in [1.82, 2.24) is 4.98 Å². The third-order valence-corrected chi connectivity index (χ3v) is 1.60. The summed E-state index contributed by atoms with van der Waals surface area (Å²) in [6, 6.07) is 6.44. The van der Waals surface area contributed by atoms with Crippen LogP contribution in [0, 0.1) is 11.3 Å². The molecule has 1 aromatic rings. The predicted octanol–water partition coefficient (Wildman–Crippen LogP) is 1.08. The third kappa shape index (κ3) is 2.81. The van der Waals surface area contributed by atoms with Crippen molar-refractivity contribution in [2.24, 2.45) is 0 Å². The number of hydrogen-bond donors (Lipinski definition) is 1. The number of hydrogen-bond acceptors (Lipinski definition) is 4. The molecule has 5 nitrogen and oxygen atoms in total. The molecule has 0 aliphatic heterocycles. The molecule has 5 heteroatoms. The van der Waals surface area contributed by atoms with Crippen LogP contribution in [0.25, 0.3) is 6.08 Å². The molecule has 15 heavy (non-hydrogen) atoms. The molecule has 0 spiro atoms. The number of pyridine rings is 1. The SMILES string of the molecule is COc1cccc(/C=C(/C#N)C(=O)O)n1. The zero-order valence-corrected chi connectivity index (χ0v) is 7.97. The van der Waals surface area contributed by atoms with Crippen molar-refractivity contribution in [3.63, 3.8) is 0 Å². The number of carboxylic acids is 1. The molecule has 1 heterocycles. The number of aliphatic carboxylic acids is 1. The van der Waals surface area contributed by atoms with Gasteiger partial charge in [-0.2, -0.15) is 5.26 Å². The molecular weight excluding hydrogens is 196 g/mol. The average Bonchev–Trinajstić information content (AvgIpc) is 2.25. The molecule has 0 aromatic carbocycles. The van der Waals surface area contributed by atoms with Crippen molar-refractivity contribution in [3.05, 3.63) is 29.5 Å². The molecule has 0 aliphatic rings. The van der Waals surface area contributed by atoms with E-state index in [2.05, 4.69) is 4.98 Å². The van der Waals surface area contributed by atoms with Gasteiger partial charge in [0.25, 0.3) is 0 Å². The van der Waals surface area contributed by atoms with Crippen molar-refractivity contribution in [2.75, 3.05) is 7.11 Å². The molecule has 1 N–H and O–H groups in total. The quantitative estimate of drug-likeness (QED) is 0.588. The van der Waals surface area contributed by atoms with E-state index in [0.717, 1.165) is 0 Å². The molecule has 0 amide bonds. The van der Waals surface area contributed by atoms with Gasteiger partial charge in [0.05, 0.1) is 12.8 Å². The number of nitrogens with zero attached hydrogens (tertiary/aromatic N) is 2. The Morgan fingerprint density at radius 3 is 2.93 bits per heavy atom. The van der Waals surface area contributed by atoms with Crippen LogP contribution in [0.15, 0.2) is 23.8 Å². The Bertz CT molecular complexity index is 446. The van der Waals surface area contributed by atoms with E-state index in [-0.39, 0.29) is 5.57 Å². The van der Waals surface area contributed by atoms with E-state index in [1.54, 1.807) is 24.3 Å². The van der Waals surface area contributed by atoms with Crippen LogP contribution in [0.5, 0.6) is 5.88 Å². The molecule has 1 rings (SSSR count). The number of carbonyl (C=O) groups is 1. The van der Waals surface area contributed by atoms with Gasteiger partial charge in [0.2, 0.25) is 5.88 Å². The van der Waals surface area contributed by atoms with Crippen LogP contribution in [0.4, 0.5) is 0 Å². The monoisotopic (exact) mass is 204 g/mol. The number of aromatic nitrogens is 1. The zero-order chi connectivity index (χ0) is 11.3. The first-order chi connectivity index (χ1) is 7.17. The van der Waals surface area contributed by atoms with Crippen LogP contribution in [0.1, 0.15) is 5.69 Å². The Morgan fingerprint density at radius 1 is 1.67 bits per heavy atom. The Kier molecular flexibility index (Phi) is 3.41. The van der Waals surface area contributed by atoms with E-state index >= 15 is 0 Å². The second-order valence-corrected chi connectivity index (χ2v) is 2.58. The van der Waals surface area contributed by atoms with Gasteiger partial charge in [-0.15, -0.1) is 0 Å². The third-order valence-electron chi connectivity index (χ3n) is 1.60. The normalized spacial score (nSPS) is 10.5. The van der Waals surface area contributed by atoms with E-state index in [9.17, 15) is 4.79 Å². The van der Waals surface area contributed by atoms with Crippen LogP contribution in [0.3, 0.4) is 0 Å². The topological polar surface area (TPSA) is 83.2 Å². The minimum Gasteiger partial charge on any atom is -0.481 e. The zero-order valence-electron chi connectivity index (χ0n) is 7.97. The second kappa shape index (κ2) is 4.77. The lowest BCUT2D eigenvalue weighted by molar-refractivity contribution is -0.132. The van der Waals surface area contributed by atoms with Crippen LogP contribution >= 0.6 is 0 Å². The summed E-state index contributed by atoms with van der Waals surface area (Å²) in [5.41, 5.74) is 0.00375. The van der Waals surface area contributed by atoms with Crippen LogP contribution in [-0.4, -0.2) is 23.2 Å². The maximum atomic E-state index is 10.5. The number of nitriles is 1. The summed E-state index contributed by atoms with van der Waals surface area (Å²) in [5, 5.41) is 17.1. The summed E-state index contributed by atoms with van der Waals surface area (Å²) < 4.78 is 4.86. The molecule has 0 unspecified atom stereocenters. The lowest BCUT2D eigenvalue weighted by Gasteiger charge is -1.98. The fraction of sp³-hybridized carbons (Fsp3) is 0.100. The van der Waals surface area contributed by atoms with Crippen molar-refractivity contribution >= 4 is 12.0 Å².